The summed E-state index contributed by atoms with van der Waals surface area (Å²) in [5.41, 5.74) is 2.35. The zero-order valence-electron chi connectivity index (χ0n) is 8.71. The van der Waals surface area contributed by atoms with Gasteiger partial charge in [0.25, 0.3) is 0 Å². The van der Waals surface area contributed by atoms with Crippen LogP contribution in [0.25, 0.3) is 0 Å². The molecule has 0 aliphatic heterocycles. The fourth-order valence-electron chi connectivity index (χ4n) is 1.47. The highest BCUT2D eigenvalue weighted by atomic mass is 79.9. The van der Waals surface area contributed by atoms with E-state index in [0.29, 0.717) is 10.0 Å². The van der Waals surface area contributed by atoms with Crippen LogP contribution in [0.1, 0.15) is 31.9 Å². The first-order valence-electron chi connectivity index (χ1n) is 4.39. The van der Waals surface area contributed by atoms with Gasteiger partial charge >= 0.3 is 0 Å². The molecular weight excluding hydrogens is 283 g/mol. The molecule has 78 valence electrons. The molecule has 0 atom stereocenters. The van der Waals surface area contributed by atoms with Gasteiger partial charge in [0.2, 0.25) is 0 Å². The van der Waals surface area contributed by atoms with E-state index in [1.807, 2.05) is 13.0 Å². The molecule has 1 aromatic rings. The summed E-state index contributed by atoms with van der Waals surface area (Å²) in [5.74, 6) is 0. The molecule has 0 aliphatic rings. The molecule has 0 aromatic heterocycles. The van der Waals surface area contributed by atoms with Crippen molar-refractivity contribution in [1.29, 1.82) is 0 Å². The fraction of sp³-hybridized carbons (Fsp3) is 0.455. The van der Waals surface area contributed by atoms with Crippen LogP contribution in [-0.2, 0) is 5.41 Å². The molecule has 0 radical (unpaired) electrons. The quantitative estimate of drug-likeness (QED) is 0.565. The molecule has 3 heteroatoms. The maximum atomic E-state index is 6.16. The third kappa shape index (κ3) is 2.26. The van der Waals surface area contributed by atoms with Crippen LogP contribution in [0.3, 0.4) is 0 Å². The molecule has 0 N–H and O–H groups in total. The first-order chi connectivity index (χ1) is 6.25. The Balaban J connectivity index is 3.49. The first-order valence-corrected chi connectivity index (χ1v) is 5.94. The van der Waals surface area contributed by atoms with E-state index in [2.05, 4.69) is 36.7 Å². The summed E-state index contributed by atoms with van der Waals surface area (Å²) in [6.45, 7) is 8.46. The Morgan fingerprint density at radius 1 is 1.21 bits per heavy atom. The lowest BCUT2D eigenvalue weighted by atomic mass is 9.84. The molecule has 1 rings (SSSR count). The van der Waals surface area contributed by atoms with Crippen LogP contribution in [0, 0.1) is 6.92 Å². The molecule has 14 heavy (non-hydrogen) atoms. The predicted molar refractivity (Wildman–Crippen MR) is 67.6 cm³/mol. The Kier molecular flexibility index (Phi) is 3.56. The molecular formula is C11H13BrCl2. The van der Waals surface area contributed by atoms with E-state index in [-0.39, 0.29) is 5.41 Å². The molecule has 0 heterocycles. The zero-order valence-corrected chi connectivity index (χ0v) is 11.8. The molecule has 0 nitrogen and oxygen atoms in total. The van der Waals surface area contributed by atoms with E-state index in [4.69, 9.17) is 23.2 Å². The van der Waals surface area contributed by atoms with Gasteiger partial charge in [0.1, 0.15) is 0 Å². The highest BCUT2D eigenvalue weighted by Gasteiger charge is 2.20. The average Bonchev–Trinajstić information content (AvgIpc) is 2.06. The lowest BCUT2D eigenvalue weighted by Crippen LogP contribution is -2.13. The molecule has 0 bridgehead atoms. The number of hydrogen-bond donors (Lipinski definition) is 0. The minimum Gasteiger partial charge on any atom is -0.0830 e. The second-order valence-corrected chi connectivity index (χ2v) is 5.99. The molecule has 0 amide bonds. The smallest absolute Gasteiger partial charge is 0.0595 e. The summed E-state index contributed by atoms with van der Waals surface area (Å²) >= 11 is 15.6. The Hall–Kier alpha value is 0.280. The first kappa shape index (κ1) is 12.4. The van der Waals surface area contributed by atoms with Crippen molar-refractivity contribution >= 4 is 39.1 Å². The van der Waals surface area contributed by atoms with Crippen molar-refractivity contribution in [2.24, 2.45) is 0 Å². The minimum atomic E-state index is 0.0675. The van der Waals surface area contributed by atoms with Gasteiger partial charge in [-0.3, -0.25) is 0 Å². The van der Waals surface area contributed by atoms with Crippen LogP contribution in [0.2, 0.25) is 10.0 Å². The predicted octanol–water partition coefficient (Wildman–Crippen LogP) is 5.36. The third-order valence-electron chi connectivity index (χ3n) is 2.21. The summed E-state index contributed by atoms with van der Waals surface area (Å²) < 4.78 is 0.784. The summed E-state index contributed by atoms with van der Waals surface area (Å²) in [4.78, 5) is 0. The monoisotopic (exact) mass is 294 g/mol. The van der Waals surface area contributed by atoms with Gasteiger partial charge in [-0.15, -0.1) is 0 Å². The van der Waals surface area contributed by atoms with Crippen LogP contribution >= 0.6 is 39.1 Å². The molecule has 0 saturated heterocycles. The van der Waals surface area contributed by atoms with Gasteiger partial charge in [0.05, 0.1) is 14.5 Å². The summed E-state index contributed by atoms with van der Waals surface area (Å²) in [7, 11) is 0. The van der Waals surface area contributed by atoms with Gasteiger partial charge < -0.3 is 0 Å². The van der Waals surface area contributed by atoms with Gasteiger partial charge in [0.15, 0.2) is 0 Å². The standard InChI is InChI=1S/C11H13BrCl2/c1-6-7(11(2,3)4)5-8(13)9(12)10(6)14/h5H,1-4H3. The van der Waals surface area contributed by atoms with Crippen molar-refractivity contribution in [2.45, 2.75) is 33.1 Å². The van der Waals surface area contributed by atoms with E-state index < -0.39 is 0 Å². The number of rotatable bonds is 0. The SMILES string of the molecule is Cc1c(C(C)(C)C)cc(Cl)c(Br)c1Cl. The Labute approximate surface area is 104 Å². The normalized spacial score (nSPS) is 11.9. The van der Waals surface area contributed by atoms with Crippen molar-refractivity contribution < 1.29 is 0 Å². The number of benzene rings is 1. The number of halogens is 3. The van der Waals surface area contributed by atoms with Crippen molar-refractivity contribution in [3.63, 3.8) is 0 Å². The lowest BCUT2D eigenvalue weighted by molar-refractivity contribution is 0.586. The number of hydrogen-bond acceptors (Lipinski definition) is 0. The van der Waals surface area contributed by atoms with E-state index >= 15 is 0 Å². The van der Waals surface area contributed by atoms with Gasteiger partial charge in [-0.1, -0.05) is 44.0 Å². The Morgan fingerprint density at radius 2 is 1.71 bits per heavy atom. The molecule has 0 aliphatic carbocycles. The third-order valence-corrected chi connectivity index (χ3v) is 4.27. The van der Waals surface area contributed by atoms with Crippen LogP contribution in [-0.4, -0.2) is 0 Å². The fourth-order valence-corrected chi connectivity index (χ4v) is 2.33. The largest absolute Gasteiger partial charge is 0.0830 e. The molecule has 0 spiro atoms. The van der Waals surface area contributed by atoms with Crippen molar-refractivity contribution in [3.05, 3.63) is 31.7 Å². The summed E-state index contributed by atoms with van der Waals surface area (Å²) in [6.07, 6.45) is 0. The van der Waals surface area contributed by atoms with E-state index in [1.54, 1.807) is 0 Å². The molecule has 0 fully saturated rings. The van der Waals surface area contributed by atoms with E-state index in [9.17, 15) is 0 Å². The molecule has 1 aromatic carbocycles. The van der Waals surface area contributed by atoms with Crippen LogP contribution in [0.4, 0.5) is 0 Å². The highest BCUT2D eigenvalue weighted by Crippen LogP contribution is 2.39. The Bertz CT molecular complexity index is 365. The van der Waals surface area contributed by atoms with Gasteiger partial charge in [0, 0.05) is 0 Å². The second-order valence-electron chi connectivity index (χ2n) is 4.41. The van der Waals surface area contributed by atoms with Crippen LogP contribution in [0.15, 0.2) is 10.5 Å². The maximum absolute atomic E-state index is 6.16. The van der Waals surface area contributed by atoms with Gasteiger partial charge in [-0.2, -0.15) is 0 Å². The van der Waals surface area contributed by atoms with Crippen LogP contribution < -0.4 is 0 Å². The Morgan fingerprint density at radius 3 is 2.14 bits per heavy atom. The minimum absolute atomic E-state index is 0.0675. The van der Waals surface area contributed by atoms with Crippen molar-refractivity contribution in [2.75, 3.05) is 0 Å². The molecule has 0 unspecified atom stereocenters. The lowest BCUT2D eigenvalue weighted by Gasteiger charge is -2.23. The van der Waals surface area contributed by atoms with Crippen LogP contribution in [0.5, 0.6) is 0 Å². The maximum Gasteiger partial charge on any atom is 0.0595 e. The van der Waals surface area contributed by atoms with Gasteiger partial charge in [-0.05, 0) is 45.5 Å². The summed E-state index contributed by atoms with van der Waals surface area (Å²) in [6, 6.07) is 1.98. The van der Waals surface area contributed by atoms with E-state index in [1.165, 1.54) is 5.56 Å². The zero-order chi connectivity index (χ0) is 11.1. The highest BCUT2D eigenvalue weighted by molar-refractivity contribution is 9.10. The van der Waals surface area contributed by atoms with E-state index in [0.717, 1.165) is 10.0 Å². The van der Waals surface area contributed by atoms with Gasteiger partial charge in [-0.25, -0.2) is 0 Å². The molecule has 0 saturated carbocycles. The second kappa shape index (κ2) is 4.03. The van der Waals surface area contributed by atoms with Crippen molar-refractivity contribution in [1.82, 2.24) is 0 Å². The topological polar surface area (TPSA) is 0 Å². The average molecular weight is 296 g/mol. The van der Waals surface area contributed by atoms with Crippen molar-refractivity contribution in [3.8, 4) is 0 Å². The summed E-state index contributed by atoms with van der Waals surface area (Å²) in [5, 5.41) is 1.38.